The van der Waals surface area contributed by atoms with Crippen LogP contribution in [0.3, 0.4) is 0 Å². The molecule has 0 saturated carbocycles. The molecule has 13 heteroatoms. The number of carbonyl (C=O) groups excluding carboxylic acids is 1. The van der Waals surface area contributed by atoms with Crippen molar-refractivity contribution in [2.75, 3.05) is 16.4 Å². The first-order valence-corrected chi connectivity index (χ1v) is 10.4. The molecule has 36 heavy (non-hydrogen) atoms. The van der Waals surface area contributed by atoms with Gasteiger partial charge in [0, 0.05) is 35.4 Å². The molecule has 2 amide bonds. The molecule has 5 aromatic rings. The van der Waals surface area contributed by atoms with Crippen LogP contribution in [0.25, 0.3) is 27.9 Å². The molecule has 9 nitrogen and oxygen atoms in total. The van der Waals surface area contributed by atoms with Crippen LogP contribution in [0, 0.1) is 5.82 Å². The fourth-order valence-electron chi connectivity index (χ4n) is 3.75. The summed E-state index contributed by atoms with van der Waals surface area (Å²) in [5, 5.41) is 8.61. The van der Waals surface area contributed by atoms with E-state index in [9.17, 15) is 18.0 Å². The maximum atomic E-state index is 15.1. The molecule has 0 aliphatic carbocycles. The van der Waals surface area contributed by atoms with Gasteiger partial charge in [0.05, 0.1) is 11.3 Å². The normalized spacial score (nSPS) is 11.6. The van der Waals surface area contributed by atoms with Gasteiger partial charge < -0.3 is 16.0 Å². The first-order valence-electron chi connectivity index (χ1n) is 10.4. The van der Waals surface area contributed by atoms with Gasteiger partial charge in [-0.25, -0.2) is 23.7 Å². The number of nitrogens with zero attached hydrogens (tertiary/aromatic N) is 4. The summed E-state index contributed by atoms with van der Waals surface area (Å²) in [6.45, 7) is 0. The van der Waals surface area contributed by atoms with E-state index < -0.39 is 23.6 Å². The Morgan fingerprint density at radius 1 is 1.08 bits per heavy atom. The number of benzene rings is 1. The van der Waals surface area contributed by atoms with Gasteiger partial charge in [0.2, 0.25) is 0 Å². The van der Waals surface area contributed by atoms with E-state index in [0.29, 0.717) is 28.3 Å². The van der Waals surface area contributed by atoms with Crippen molar-refractivity contribution in [1.82, 2.24) is 24.6 Å². The molecule has 0 bridgehead atoms. The largest absolute Gasteiger partial charge is 0.416 e. The summed E-state index contributed by atoms with van der Waals surface area (Å²) in [6, 6.07) is 8.21. The maximum absolute atomic E-state index is 15.1. The number of fused-ring (bicyclic) bond motifs is 1. The number of rotatable bonds is 4. The number of pyridine rings is 1. The highest BCUT2D eigenvalue weighted by Gasteiger charge is 2.31. The third kappa shape index (κ3) is 4.29. The lowest BCUT2D eigenvalue weighted by atomic mass is 10.00. The number of hydrogen-bond donors (Lipinski definition) is 4. The smallest absolute Gasteiger partial charge is 0.382 e. The van der Waals surface area contributed by atoms with Crippen molar-refractivity contribution in [1.29, 1.82) is 0 Å². The van der Waals surface area contributed by atoms with Gasteiger partial charge in [0.15, 0.2) is 5.82 Å². The van der Waals surface area contributed by atoms with Gasteiger partial charge in [-0.1, -0.05) is 6.07 Å². The first kappa shape index (κ1) is 22.8. The third-order valence-electron chi connectivity index (χ3n) is 5.33. The summed E-state index contributed by atoms with van der Waals surface area (Å²) >= 11 is 0. The number of urea groups is 1. The van der Waals surface area contributed by atoms with E-state index in [2.05, 4.69) is 30.7 Å². The van der Waals surface area contributed by atoms with Crippen LogP contribution >= 0.6 is 0 Å². The molecular formula is C23H16F4N8O. The molecular weight excluding hydrogens is 480 g/mol. The number of nitrogen functional groups attached to an aromatic ring is 1. The van der Waals surface area contributed by atoms with Crippen molar-refractivity contribution in [2.45, 2.75) is 6.18 Å². The van der Waals surface area contributed by atoms with Gasteiger partial charge in [-0.2, -0.15) is 18.3 Å². The van der Waals surface area contributed by atoms with Crippen LogP contribution in [0.5, 0.6) is 0 Å². The zero-order valence-electron chi connectivity index (χ0n) is 18.1. The van der Waals surface area contributed by atoms with Crippen LogP contribution in [0.1, 0.15) is 5.56 Å². The Labute approximate surface area is 200 Å². The topological polar surface area (TPSA) is 126 Å². The fraction of sp³-hybridized carbons (Fsp3) is 0.0435. The number of aromatic nitrogens is 5. The molecule has 4 heterocycles. The second-order valence-electron chi connectivity index (χ2n) is 7.64. The highest BCUT2D eigenvalue weighted by Crippen LogP contribution is 2.39. The number of nitrogens with one attached hydrogen (secondary N) is 3. The van der Waals surface area contributed by atoms with E-state index in [-0.39, 0.29) is 17.3 Å². The molecule has 0 fully saturated rings. The van der Waals surface area contributed by atoms with Crippen molar-refractivity contribution in [3.63, 3.8) is 0 Å². The van der Waals surface area contributed by atoms with Gasteiger partial charge in [-0.05, 0) is 42.0 Å². The van der Waals surface area contributed by atoms with E-state index in [1.165, 1.54) is 23.0 Å². The summed E-state index contributed by atoms with van der Waals surface area (Å²) in [5.41, 5.74) is 7.82. The highest BCUT2D eigenvalue weighted by atomic mass is 19.4. The number of alkyl halides is 3. The van der Waals surface area contributed by atoms with Gasteiger partial charge in [0.25, 0.3) is 0 Å². The Balaban J connectivity index is 1.45. The number of hydrogen-bond acceptors (Lipinski definition) is 5. The molecule has 0 aliphatic heterocycles. The quantitative estimate of drug-likeness (QED) is 0.256. The number of anilines is 3. The van der Waals surface area contributed by atoms with Crippen molar-refractivity contribution in [3.8, 4) is 22.4 Å². The Morgan fingerprint density at radius 2 is 1.92 bits per heavy atom. The standard InChI is InChI=1S/C23H16F4N8O/c24-15-8-12(19-14(16-2-1-6-29-16)10-35-20(19)21(28)31-11-32-35)3-4-17(15)33-22(36)34-18-9-13(5-7-30-18)23(25,26)27/h1-11,29H,(H2,28,31,32)(H2,30,33,34,36). The predicted molar refractivity (Wildman–Crippen MR) is 124 cm³/mol. The second kappa shape index (κ2) is 8.69. The molecule has 0 spiro atoms. The van der Waals surface area contributed by atoms with Crippen LogP contribution in [0.2, 0.25) is 0 Å². The number of nitrogens with two attached hydrogens (primary N) is 1. The Bertz CT molecular complexity index is 1580. The minimum atomic E-state index is -4.60. The average molecular weight is 496 g/mol. The average Bonchev–Trinajstić information content (AvgIpc) is 3.48. The number of carbonyl (C=O) groups is 1. The number of amides is 2. The van der Waals surface area contributed by atoms with Crippen molar-refractivity contribution in [2.24, 2.45) is 0 Å². The molecule has 182 valence electrons. The minimum absolute atomic E-state index is 0.188. The van der Waals surface area contributed by atoms with Crippen molar-refractivity contribution in [3.05, 3.63) is 78.8 Å². The summed E-state index contributed by atoms with van der Waals surface area (Å²) in [6.07, 6.45) is 1.08. The second-order valence-corrected chi connectivity index (χ2v) is 7.64. The zero-order valence-corrected chi connectivity index (χ0v) is 18.1. The van der Waals surface area contributed by atoms with Crippen molar-refractivity contribution < 1.29 is 22.4 Å². The number of aromatic amines is 1. The number of H-pyrrole nitrogens is 1. The van der Waals surface area contributed by atoms with Gasteiger partial charge in [-0.3, -0.25) is 5.32 Å². The summed E-state index contributed by atoms with van der Waals surface area (Å²) in [7, 11) is 0. The molecule has 0 radical (unpaired) electrons. The Hall–Kier alpha value is -4.94. The molecule has 5 rings (SSSR count). The minimum Gasteiger partial charge on any atom is -0.382 e. The monoisotopic (exact) mass is 496 g/mol. The lowest BCUT2D eigenvalue weighted by molar-refractivity contribution is -0.137. The summed E-state index contributed by atoms with van der Waals surface area (Å²) in [5.74, 6) is -0.939. The molecule has 5 N–H and O–H groups in total. The van der Waals surface area contributed by atoms with E-state index in [1.54, 1.807) is 18.5 Å². The van der Waals surface area contributed by atoms with Crippen LogP contribution in [-0.2, 0) is 6.18 Å². The molecule has 4 aromatic heterocycles. The fourth-order valence-corrected chi connectivity index (χ4v) is 3.75. The van der Waals surface area contributed by atoms with Crippen LogP contribution in [0.4, 0.5) is 39.7 Å². The van der Waals surface area contributed by atoms with Crippen molar-refractivity contribution >= 4 is 28.9 Å². The molecule has 0 aliphatic rings. The predicted octanol–water partition coefficient (Wildman–Crippen LogP) is 5.17. The summed E-state index contributed by atoms with van der Waals surface area (Å²) in [4.78, 5) is 23.1. The van der Waals surface area contributed by atoms with Crippen LogP contribution in [-0.4, -0.2) is 30.6 Å². The van der Waals surface area contributed by atoms with Gasteiger partial charge in [0.1, 0.15) is 23.5 Å². The van der Waals surface area contributed by atoms with Gasteiger partial charge in [-0.15, -0.1) is 0 Å². The van der Waals surface area contributed by atoms with E-state index in [4.69, 9.17) is 5.73 Å². The number of halogens is 4. The Kier molecular flexibility index (Phi) is 5.51. The maximum Gasteiger partial charge on any atom is 0.416 e. The van der Waals surface area contributed by atoms with Crippen LogP contribution < -0.4 is 16.4 Å². The van der Waals surface area contributed by atoms with Gasteiger partial charge >= 0.3 is 12.2 Å². The molecule has 0 atom stereocenters. The van der Waals surface area contributed by atoms with E-state index >= 15 is 4.39 Å². The molecule has 1 aromatic carbocycles. The summed E-state index contributed by atoms with van der Waals surface area (Å²) < 4.78 is 55.2. The third-order valence-corrected chi connectivity index (χ3v) is 5.33. The highest BCUT2D eigenvalue weighted by molar-refractivity contribution is 6.01. The molecule has 0 saturated heterocycles. The lowest BCUT2D eigenvalue weighted by Gasteiger charge is -2.11. The first-order chi connectivity index (χ1) is 17.2. The zero-order chi connectivity index (χ0) is 25.4. The van der Waals surface area contributed by atoms with E-state index in [1.807, 2.05) is 12.1 Å². The van der Waals surface area contributed by atoms with E-state index in [0.717, 1.165) is 18.0 Å². The SMILES string of the molecule is Nc1ncnn2cc(-c3ccc[nH]3)c(-c3ccc(NC(=O)Nc4cc(C(F)(F)F)ccn4)c(F)c3)c12. The Morgan fingerprint density at radius 3 is 2.64 bits per heavy atom. The lowest BCUT2D eigenvalue weighted by Crippen LogP contribution is -2.21. The molecule has 0 unspecified atom stereocenters. The van der Waals surface area contributed by atoms with Crippen LogP contribution in [0.15, 0.2) is 67.4 Å².